The highest BCUT2D eigenvalue weighted by atomic mass is 35.5. The van der Waals surface area contributed by atoms with Gasteiger partial charge in [0.2, 0.25) is 5.95 Å². The van der Waals surface area contributed by atoms with E-state index in [1.165, 1.54) is 14.2 Å². The Morgan fingerprint density at radius 1 is 1.11 bits per heavy atom. The number of pyridine rings is 1. The quantitative estimate of drug-likeness (QED) is 0.300. The van der Waals surface area contributed by atoms with Crippen LogP contribution in [0.1, 0.15) is 16.7 Å². The summed E-state index contributed by atoms with van der Waals surface area (Å²) < 4.78 is 10.7. The van der Waals surface area contributed by atoms with Gasteiger partial charge >= 0.3 is 0 Å². The number of aldehydes is 1. The van der Waals surface area contributed by atoms with Gasteiger partial charge in [0.1, 0.15) is 23.1 Å². The molecule has 3 rings (SSSR count). The molecule has 0 aliphatic rings. The highest BCUT2D eigenvalue weighted by Gasteiger charge is 2.17. The number of halogens is 1. The van der Waals surface area contributed by atoms with Crippen LogP contribution in [0.4, 0.5) is 17.6 Å². The minimum Gasteiger partial charge on any atom is -0.497 e. The number of allylic oxidation sites excluding steroid dienone is 1. The molecule has 0 bridgehead atoms. The Morgan fingerprint density at radius 3 is 2.51 bits per heavy atom. The number of methoxy groups -OCH3 is 2. The third-order valence-corrected chi connectivity index (χ3v) is 5.81. The molecule has 184 valence electrons. The van der Waals surface area contributed by atoms with Crippen molar-refractivity contribution < 1.29 is 14.3 Å². The first-order chi connectivity index (χ1) is 16.9. The molecule has 0 unspecified atom stereocenters. The minimum absolute atomic E-state index is 0.312. The molecule has 2 aromatic heterocycles. The summed E-state index contributed by atoms with van der Waals surface area (Å²) in [6.45, 7) is 0.672. The first kappa shape index (κ1) is 25.8. The van der Waals surface area contributed by atoms with Crippen molar-refractivity contribution in [2.24, 2.45) is 0 Å². The smallest absolute Gasteiger partial charge is 0.224 e. The van der Waals surface area contributed by atoms with Gasteiger partial charge in [0.15, 0.2) is 6.29 Å². The van der Waals surface area contributed by atoms with Crippen molar-refractivity contribution in [2.75, 3.05) is 57.4 Å². The second-order valence-electron chi connectivity index (χ2n) is 7.60. The molecule has 0 amide bonds. The molecule has 10 heteroatoms. The number of benzene rings is 1. The van der Waals surface area contributed by atoms with E-state index in [2.05, 4.69) is 25.6 Å². The summed E-state index contributed by atoms with van der Waals surface area (Å²) >= 11 is 6.52. The lowest BCUT2D eigenvalue weighted by Gasteiger charge is -2.21. The van der Waals surface area contributed by atoms with Crippen LogP contribution in [0.25, 0.3) is 11.6 Å². The van der Waals surface area contributed by atoms with Crippen LogP contribution in [-0.4, -0.2) is 63.1 Å². The van der Waals surface area contributed by atoms with Crippen molar-refractivity contribution in [3.63, 3.8) is 0 Å². The maximum Gasteiger partial charge on any atom is 0.224 e. The van der Waals surface area contributed by atoms with Crippen LogP contribution in [0.5, 0.6) is 11.5 Å². The number of aromatic nitrogens is 3. The molecule has 2 heterocycles. The van der Waals surface area contributed by atoms with Crippen LogP contribution in [0.3, 0.4) is 0 Å². The molecule has 1 aromatic carbocycles. The highest BCUT2D eigenvalue weighted by Crippen LogP contribution is 2.37. The van der Waals surface area contributed by atoms with E-state index in [-0.39, 0.29) is 0 Å². The highest BCUT2D eigenvalue weighted by molar-refractivity contribution is 6.35. The Kier molecular flexibility index (Phi) is 8.86. The number of hydrogen-bond acceptors (Lipinski definition) is 9. The van der Waals surface area contributed by atoms with Crippen molar-refractivity contribution in [1.29, 1.82) is 0 Å². The van der Waals surface area contributed by atoms with Gasteiger partial charge in [0, 0.05) is 62.8 Å². The molecule has 0 radical (unpaired) electrons. The summed E-state index contributed by atoms with van der Waals surface area (Å²) in [6, 6.07) is 7.33. The summed E-state index contributed by atoms with van der Waals surface area (Å²) in [4.78, 5) is 27.5. The number of carbonyl (C=O) groups excluding carboxylic acids is 1. The van der Waals surface area contributed by atoms with Gasteiger partial charge in [-0.3, -0.25) is 4.79 Å². The number of rotatable bonds is 11. The number of ether oxygens (including phenoxy) is 2. The van der Waals surface area contributed by atoms with Crippen molar-refractivity contribution in [1.82, 2.24) is 15.0 Å². The number of nitrogens with one attached hydrogen (secondary N) is 2. The second kappa shape index (κ2) is 12.0. The molecule has 9 nitrogen and oxygen atoms in total. The Bertz CT molecular complexity index is 1200. The van der Waals surface area contributed by atoms with Crippen LogP contribution in [0.2, 0.25) is 5.02 Å². The molecule has 2 N–H and O–H groups in total. The SMILES string of the molecule is CNc1ccc(CCN(C)c2nc(NC)ncc2/C=C(\C=O)c2cc(OC)cc(OC)c2Cl)cn1. The molecular weight excluding hydrogens is 468 g/mol. The van der Waals surface area contributed by atoms with E-state index in [9.17, 15) is 4.79 Å². The molecule has 0 saturated carbocycles. The normalized spacial score (nSPS) is 11.1. The summed E-state index contributed by atoms with van der Waals surface area (Å²) in [5.74, 6) is 2.88. The zero-order valence-corrected chi connectivity index (χ0v) is 21.2. The predicted molar refractivity (Wildman–Crippen MR) is 141 cm³/mol. The van der Waals surface area contributed by atoms with Gasteiger partial charge in [0.05, 0.1) is 19.2 Å². The topological polar surface area (TPSA) is 102 Å². The number of carbonyl (C=O) groups is 1. The van der Waals surface area contributed by atoms with Gasteiger partial charge in [-0.2, -0.15) is 4.98 Å². The predicted octanol–water partition coefficient (Wildman–Crippen LogP) is 4.04. The lowest BCUT2D eigenvalue weighted by molar-refractivity contribution is -0.103. The summed E-state index contributed by atoms with van der Waals surface area (Å²) in [7, 11) is 8.57. The first-order valence-corrected chi connectivity index (χ1v) is 11.3. The van der Waals surface area contributed by atoms with E-state index < -0.39 is 0 Å². The van der Waals surface area contributed by atoms with Gasteiger partial charge in [-0.1, -0.05) is 17.7 Å². The van der Waals surface area contributed by atoms with Gasteiger partial charge in [-0.15, -0.1) is 0 Å². The van der Waals surface area contributed by atoms with Crippen molar-refractivity contribution in [3.05, 3.63) is 58.4 Å². The number of anilines is 3. The van der Waals surface area contributed by atoms with Crippen LogP contribution >= 0.6 is 11.6 Å². The lowest BCUT2D eigenvalue weighted by Crippen LogP contribution is -2.23. The van der Waals surface area contributed by atoms with Crippen LogP contribution in [0.15, 0.2) is 36.7 Å². The number of nitrogens with zero attached hydrogens (tertiary/aromatic N) is 4. The van der Waals surface area contributed by atoms with Gasteiger partial charge in [-0.05, 0) is 30.2 Å². The molecule has 0 spiro atoms. The maximum atomic E-state index is 12.1. The lowest BCUT2D eigenvalue weighted by atomic mass is 10.0. The Labute approximate surface area is 210 Å². The molecule has 0 atom stereocenters. The molecule has 0 aliphatic heterocycles. The van der Waals surface area contributed by atoms with Crippen LogP contribution in [0, 0.1) is 0 Å². The van der Waals surface area contributed by atoms with Crippen molar-refractivity contribution in [2.45, 2.75) is 6.42 Å². The number of likely N-dealkylation sites (N-methyl/N-ethyl adjacent to an activating group) is 1. The van der Waals surface area contributed by atoms with Crippen molar-refractivity contribution >= 4 is 47.1 Å². The monoisotopic (exact) mass is 496 g/mol. The van der Waals surface area contributed by atoms with Gasteiger partial charge in [0.25, 0.3) is 0 Å². The van der Waals surface area contributed by atoms with E-state index in [0.29, 0.717) is 51.5 Å². The second-order valence-corrected chi connectivity index (χ2v) is 7.98. The average molecular weight is 497 g/mol. The van der Waals surface area contributed by atoms with Crippen LogP contribution in [-0.2, 0) is 11.2 Å². The van der Waals surface area contributed by atoms with E-state index in [4.69, 9.17) is 21.1 Å². The zero-order chi connectivity index (χ0) is 25.4. The fourth-order valence-electron chi connectivity index (χ4n) is 3.42. The summed E-state index contributed by atoms with van der Waals surface area (Å²) in [6.07, 6.45) is 6.73. The zero-order valence-electron chi connectivity index (χ0n) is 20.4. The Morgan fingerprint density at radius 2 is 1.91 bits per heavy atom. The van der Waals surface area contributed by atoms with Crippen LogP contribution < -0.4 is 25.0 Å². The van der Waals surface area contributed by atoms with Crippen molar-refractivity contribution in [3.8, 4) is 11.5 Å². The average Bonchev–Trinajstić information content (AvgIpc) is 2.90. The van der Waals surface area contributed by atoms with Gasteiger partial charge < -0.3 is 25.0 Å². The molecule has 3 aromatic rings. The van der Waals surface area contributed by atoms with E-state index in [1.807, 2.05) is 37.3 Å². The summed E-state index contributed by atoms with van der Waals surface area (Å²) in [5.41, 5.74) is 2.59. The van der Waals surface area contributed by atoms with Gasteiger partial charge in [-0.25, -0.2) is 9.97 Å². The summed E-state index contributed by atoms with van der Waals surface area (Å²) in [5, 5.41) is 6.29. The maximum absolute atomic E-state index is 12.1. The standard InChI is InChI=1S/C25H29ClN6O3/c1-27-22-7-6-16(13-29-22)8-9-32(3)24-17(14-30-25(28-2)31-24)10-18(15-33)20-11-19(34-4)12-21(35-5)23(20)26/h6-7,10-15H,8-9H2,1-5H3,(H,27,29)(H,28,30,31)/b18-10+. The number of hydrogen-bond donors (Lipinski definition) is 2. The van der Waals surface area contributed by atoms with E-state index in [0.717, 1.165) is 24.1 Å². The third kappa shape index (κ3) is 6.19. The fraction of sp³-hybridized carbons (Fsp3) is 0.280. The fourth-order valence-corrected chi connectivity index (χ4v) is 3.72. The Balaban J connectivity index is 1.97. The third-order valence-electron chi connectivity index (χ3n) is 5.42. The molecule has 0 saturated heterocycles. The molecular formula is C25H29ClN6O3. The Hall–Kier alpha value is -3.85. The minimum atomic E-state index is 0.312. The first-order valence-electron chi connectivity index (χ1n) is 10.9. The van der Waals surface area contributed by atoms with E-state index in [1.54, 1.807) is 31.5 Å². The molecule has 0 fully saturated rings. The van der Waals surface area contributed by atoms with E-state index >= 15 is 0 Å². The molecule has 0 aliphatic carbocycles. The molecule has 35 heavy (non-hydrogen) atoms. The largest absolute Gasteiger partial charge is 0.497 e.